The van der Waals surface area contributed by atoms with Crippen molar-refractivity contribution in [2.24, 2.45) is 0 Å². The van der Waals surface area contributed by atoms with E-state index < -0.39 is 6.10 Å². The number of hydrogen-bond acceptors (Lipinski definition) is 6. The standard InChI is InChI=1S/C17H25N3O2S/c1-11-5-12(2)19-17(16(11)6-18)23-10-15(21)9-20-7-13(3)22-14(4)8-20/h5,13-15,21H,7-10H2,1-4H3/t13-,14+,15-/m0/s1. The smallest absolute Gasteiger partial charge is 0.114 e. The van der Waals surface area contributed by atoms with Gasteiger partial charge in [0.05, 0.1) is 23.9 Å². The van der Waals surface area contributed by atoms with Crippen LogP contribution in [0.15, 0.2) is 11.1 Å². The van der Waals surface area contributed by atoms with Crippen molar-refractivity contribution >= 4 is 11.8 Å². The molecule has 0 bridgehead atoms. The summed E-state index contributed by atoms with van der Waals surface area (Å²) >= 11 is 1.46. The predicted octanol–water partition coefficient (Wildman–Crippen LogP) is 2.13. The molecule has 0 radical (unpaired) electrons. The average molecular weight is 335 g/mol. The fourth-order valence-corrected chi connectivity index (χ4v) is 4.02. The molecule has 0 unspecified atom stereocenters. The van der Waals surface area contributed by atoms with Gasteiger partial charge in [0.25, 0.3) is 0 Å². The molecular formula is C17H25N3O2S. The molecule has 1 aromatic rings. The highest BCUT2D eigenvalue weighted by atomic mass is 32.2. The Morgan fingerprint density at radius 2 is 2.09 bits per heavy atom. The summed E-state index contributed by atoms with van der Waals surface area (Å²) < 4.78 is 5.71. The van der Waals surface area contributed by atoms with Gasteiger partial charge in [0.2, 0.25) is 0 Å². The van der Waals surface area contributed by atoms with Gasteiger partial charge in [-0.05, 0) is 39.3 Å². The summed E-state index contributed by atoms with van der Waals surface area (Å²) in [5.74, 6) is 0.532. The Labute approximate surface area is 142 Å². The SMILES string of the molecule is Cc1cc(C)c(C#N)c(SC[C@@H](O)CN2C[C@@H](C)O[C@@H](C)C2)n1. The predicted molar refractivity (Wildman–Crippen MR) is 91.6 cm³/mol. The number of ether oxygens (including phenoxy) is 1. The van der Waals surface area contributed by atoms with Crippen molar-refractivity contribution in [3.05, 3.63) is 22.9 Å². The fraction of sp³-hybridized carbons (Fsp3) is 0.647. The van der Waals surface area contributed by atoms with Gasteiger partial charge in [-0.1, -0.05) is 0 Å². The molecule has 0 spiro atoms. The van der Waals surface area contributed by atoms with Crippen molar-refractivity contribution in [3.63, 3.8) is 0 Å². The molecule has 0 saturated carbocycles. The number of aryl methyl sites for hydroxylation is 2. The molecule has 2 rings (SSSR count). The first-order valence-corrected chi connectivity index (χ1v) is 8.94. The number of aliphatic hydroxyl groups excluding tert-OH is 1. The van der Waals surface area contributed by atoms with E-state index in [2.05, 4.69) is 29.8 Å². The van der Waals surface area contributed by atoms with Gasteiger partial charge in [-0.25, -0.2) is 4.98 Å². The molecule has 6 heteroatoms. The van der Waals surface area contributed by atoms with Crippen molar-refractivity contribution in [1.82, 2.24) is 9.88 Å². The van der Waals surface area contributed by atoms with E-state index in [0.717, 1.165) is 24.3 Å². The summed E-state index contributed by atoms with van der Waals surface area (Å²) in [6.07, 6.45) is -0.0542. The number of nitrogens with zero attached hydrogens (tertiary/aromatic N) is 3. The number of β-amino-alcohol motifs (C(OH)–C–C–N with tert-alkyl or cyclic N) is 1. The first-order valence-electron chi connectivity index (χ1n) is 7.96. The fourth-order valence-electron chi connectivity index (χ4n) is 3.00. The van der Waals surface area contributed by atoms with Crippen LogP contribution in [0.4, 0.5) is 0 Å². The number of morpholine rings is 1. The van der Waals surface area contributed by atoms with E-state index in [0.29, 0.717) is 22.9 Å². The van der Waals surface area contributed by atoms with Crippen LogP contribution in [-0.2, 0) is 4.74 Å². The van der Waals surface area contributed by atoms with E-state index in [1.54, 1.807) is 0 Å². The van der Waals surface area contributed by atoms with Crippen LogP contribution in [0.25, 0.3) is 0 Å². The van der Waals surface area contributed by atoms with E-state index in [9.17, 15) is 10.4 Å². The molecule has 3 atom stereocenters. The molecule has 0 aliphatic carbocycles. The quantitative estimate of drug-likeness (QED) is 0.832. The lowest BCUT2D eigenvalue weighted by Gasteiger charge is -2.36. The van der Waals surface area contributed by atoms with Gasteiger partial charge in [0.15, 0.2) is 0 Å². The summed E-state index contributed by atoms with van der Waals surface area (Å²) in [7, 11) is 0. The minimum Gasteiger partial charge on any atom is -0.391 e. The van der Waals surface area contributed by atoms with Crippen molar-refractivity contribution in [3.8, 4) is 6.07 Å². The Morgan fingerprint density at radius 3 is 2.70 bits per heavy atom. The van der Waals surface area contributed by atoms with Crippen LogP contribution < -0.4 is 0 Å². The molecule has 2 heterocycles. The zero-order chi connectivity index (χ0) is 17.0. The van der Waals surface area contributed by atoms with Crippen LogP contribution in [-0.4, -0.2) is 58.7 Å². The molecule has 23 heavy (non-hydrogen) atoms. The molecule has 126 valence electrons. The molecule has 1 N–H and O–H groups in total. The van der Waals surface area contributed by atoms with Gasteiger partial charge in [-0.2, -0.15) is 5.26 Å². The van der Waals surface area contributed by atoms with Crippen molar-refractivity contribution in [2.45, 2.75) is 51.0 Å². The second-order valence-corrected chi connectivity index (χ2v) is 7.32. The Morgan fingerprint density at radius 1 is 1.43 bits per heavy atom. The highest BCUT2D eigenvalue weighted by molar-refractivity contribution is 7.99. The molecule has 1 fully saturated rings. The molecule has 1 saturated heterocycles. The largest absolute Gasteiger partial charge is 0.391 e. The van der Waals surface area contributed by atoms with Crippen LogP contribution in [0.5, 0.6) is 0 Å². The third kappa shape index (κ3) is 5.18. The number of pyridine rings is 1. The third-order valence-corrected chi connectivity index (χ3v) is 4.92. The number of aromatic nitrogens is 1. The maximum absolute atomic E-state index is 10.3. The Kier molecular flexibility index (Phi) is 6.42. The lowest BCUT2D eigenvalue weighted by molar-refractivity contribution is -0.0750. The molecule has 1 aliphatic heterocycles. The lowest BCUT2D eigenvalue weighted by Crippen LogP contribution is -2.48. The maximum Gasteiger partial charge on any atom is 0.114 e. The van der Waals surface area contributed by atoms with Gasteiger partial charge >= 0.3 is 0 Å². The Balaban J connectivity index is 1.92. The number of nitriles is 1. The average Bonchev–Trinajstić information content (AvgIpc) is 2.43. The van der Waals surface area contributed by atoms with Crippen molar-refractivity contribution in [1.29, 1.82) is 5.26 Å². The zero-order valence-electron chi connectivity index (χ0n) is 14.2. The first kappa shape index (κ1) is 18.2. The van der Waals surface area contributed by atoms with Crippen molar-refractivity contribution in [2.75, 3.05) is 25.4 Å². The molecule has 5 nitrogen and oxygen atoms in total. The van der Waals surface area contributed by atoms with Gasteiger partial charge < -0.3 is 9.84 Å². The van der Waals surface area contributed by atoms with E-state index in [1.165, 1.54) is 11.8 Å². The van der Waals surface area contributed by atoms with Gasteiger partial charge in [0.1, 0.15) is 11.1 Å². The lowest BCUT2D eigenvalue weighted by atomic mass is 10.1. The summed E-state index contributed by atoms with van der Waals surface area (Å²) in [6.45, 7) is 10.3. The summed E-state index contributed by atoms with van der Waals surface area (Å²) in [4.78, 5) is 6.68. The Hall–Kier alpha value is -1.13. The number of aliphatic hydroxyl groups is 1. The monoisotopic (exact) mass is 335 g/mol. The van der Waals surface area contributed by atoms with Gasteiger partial charge in [-0.15, -0.1) is 11.8 Å². The maximum atomic E-state index is 10.3. The van der Waals surface area contributed by atoms with E-state index in [1.807, 2.05) is 19.9 Å². The topological polar surface area (TPSA) is 69.4 Å². The van der Waals surface area contributed by atoms with Crippen LogP contribution >= 0.6 is 11.8 Å². The molecule has 1 aromatic heterocycles. The van der Waals surface area contributed by atoms with Crippen LogP contribution in [0.3, 0.4) is 0 Å². The summed E-state index contributed by atoms with van der Waals surface area (Å²) in [5, 5.41) is 20.3. The summed E-state index contributed by atoms with van der Waals surface area (Å²) in [5.41, 5.74) is 2.45. The van der Waals surface area contributed by atoms with Crippen LogP contribution in [0.1, 0.15) is 30.7 Å². The highest BCUT2D eigenvalue weighted by Gasteiger charge is 2.24. The second kappa shape index (κ2) is 8.11. The molecule has 0 amide bonds. The minimum absolute atomic E-state index is 0.199. The van der Waals surface area contributed by atoms with E-state index in [4.69, 9.17) is 4.74 Å². The highest BCUT2D eigenvalue weighted by Crippen LogP contribution is 2.24. The normalized spacial score (nSPS) is 23.5. The number of hydrogen-bond donors (Lipinski definition) is 1. The second-order valence-electron chi connectivity index (χ2n) is 6.31. The Bertz CT molecular complexity index is 578. The van der Waals surface area contributed by atoms with Crippen LogP contribution in [0.2, 0.25) is 0 Å². The molecular weight excluding hydrogens is 310 g/mol. The molecule has 0 aromatic carbocycles. The van der Waals surface area contributed by atoms with Crippen molar-refractivity contribution < 1.29 is 9.84 Å². The van der Waals surface area contributed by atoms with E-state index in [-0.39, 0.29) is 12.2 Å². The number of rotatable bonds is 5. The first-order chi connectivity index (χ1) is 10.9. The minimum atomic E-state index is -0.452. The third-order valence-electron chi connectivity index (χ3n) is 3.80. The van der Waals surface area contributed by atoms with Crippen LogP contribution in [0, 0.1) is 25.2 Å². The number of thioether (sulfide) groups is 1. The summed E-state index contributed by atoms with van der Waals surface area (Å²) in [6, 6.07) is 4.13. The van der Waals surface area contributed by atoms with Gasteiger partial charge in [-0.3, -0.25) is 4.90 Å². The van der Waals surface area contributed by atoms with Gasteiger partial charge in [0, 0.05) is 31.1 Å². The molecule has 1 aliphatic rings. The van der Waals surface area contributed by atoms with E-state index >= 15 is 0 Å². The zero-order valence-corrected chi connectivity index (χ0v) is 15.1.